The Morgan fingerprint density at radius 3 is 1.86 bits per heavy atom. The van der Waals surface area contributed by atoms with Crippen LogP contribution in [0, 0.1) is 5.92 Å². The van der Waals surface area contributed by atoms with E-state index >= 15 is 0 Å². The van der Waals surface area contributed by atoms with Crippen LogP contribution in [0.3, 0.4) is 0 Å². The lowest BCUT2D eigenvalue weighted by Gasteiger charge is -2.05. The normalized spacial score (nSPS) is 15.2. The number of carbonyl (C=O) groups excluding carboxylic acids is 1. The Morgan fingerprint density at radius 2 is 1.38 bits per heavy atom. The molecular formula is C19H32O2. The predicted molar refractivity (Wildman–Crippen MR) is 91.3 cm³/mol. The number of aliphatic hydroxyl groups excluding tert-OH is 1. The fourth-order valence-electron chi connectivity index (χ4n) is 1.91. The van der Waals surface area contributed by atoms with Gasteiger partial charge in [-0.15, -0.1) is 0 Å². The van der Waals surface area contributed by atoms with Gasteiger partial charge in [0.15, 0.2) is 0 Å². The third-order valence-electron chi connectivity index (χ3n) is 3.83. The Morgan fingerprint density at radius 1 is 0.905 bits per heavy atom. The van der Waals surface area contributed by atoms with E-state index in [-0.39, 0.29) is 18.3 Å². The summed E-state index contributed by atoms with van der Waals surface area (Å²) in [5, 5.41) is 8.92. The van der Waals surface area contributed by atoms with Crippen molar-refractivity contribution in [2.45, 2.75) is 66.7 Å². The van der Waals surface area contributed by atoms with E-state index in [4.69, 9.17) is 5.11 Å². The highest BCUT2D eigenvalue weighted by Gasteiger charge is 2.04. The van der Waals surface area contributed by atoms with E-state index in [1.807, 2.05) is 13.8 Å². The van der Waals surface area contributed by atoms with Crippen molar-refractivity contribution in [3.63, 3.8) is 0 Å². The average molecular weight is 292 g/mol. The minimum Gasteiger partial charge on any atom is -0.392 e. The first-order valence-corrected chi connectivity index (χ1v) is 7.95. The smallest absolute Gasteiger partial charge is 0.132 e. The Balaban J connectivity index is 4.02. The fraction of sp³-hybridized carbons (Fsp3) is 0.632. The van der Waals surface area contributed by atoms with Crippen LogP contribution in [0.5, 0.6) is 0 Å². The molecule has 1 atom stereocenters. The van der Waals surface area contributed by atoms with Crippen LogP contribution in [0.25, 0.3) is 0 Å². The van der Waals surface area contributed by atoms with E-state index in [1.54, 1.807) is 6.92 Å². The highest BCUT2D eigenvalue weighted by atomic mass is 16.3. The van der Waals surface area contributed by atoms with Gasteiger partial charge in [-0.3, -0.25) is 4.79 Å². The number of allylic oxidation sites excluding steroid dienone is 5. The molecule has 0 fully saturated rings. The SMILES string of the molecule is CC(=O)C(C)C/C=C(\C)CC/C=C(\C)CCC=C(C)CO. The van der Waals surface area contributed by atoms with E-state index in [0.717, 1.165) is 37.7 Å². The molecule has 1 unspecified atom stereocenters. The maximum absolute atomic E-state index is 11.2. The highest BCUT2D eigenvalue weighted by Crippen LogP contribution is 2.13. The van der Waals surface area contributed by atoms with Crippen LogP contribution >= 0.6 is 0 Å². The summed E-state index contributed by atoms with van der Waals surface area (Å²) >= 11 is 0. The number of ketones is 1. The van der Waals surface area contributed by atoms with Crippen molar-refractivity contribution in [3.05, 3.63) is 34.9 Å². The van der Waals surface area contributed by atoms with E-state index in [1.165, 1.54) is 11.1 Å². The zero-order valence-electron chi connectivity index (χ0n) is 14.4. The van der Waals surface area contributed by atoms with E-state index in [2.05, 4.69) is 32.1 Å². The van der Waals surface area contributed by atoms with Crippen LogP contribution in [0.15, 0.2) is 34.9 Å². The first-order valence-electron chi connectivity index (χ1n) is 7.95. The lowest BCUT2D eigenvalue weighted by molar-refractivity contribution is -0.120. The summed E-state index contributed by atoms with van der Waals surface area (Å²) in [5.41, 5.74) is 3.81. The second-order valence-corrected chi connectivity index (χ2v) is 6.13. The van der Waals surface area contributed by atoms with Gasteiger partial charge in [0.25, 0.3) is 0 Å². The van der Waals surface area contributed by atoms with Gasteiger partial charge in [-0.2, -0.15) is 0 Å². The van der Waals surface area contributed by atoms with Gasteiger partial charge in [0.05, 0.1) is 6.61 Å². The number of hydrogen-bond acceptors (Lipinski definition) is 2. The van der Waals surface area contributed by atoms with Crippen LogP contribution in [-0.4, -0.2) is 17.5 Å². The first kappa shape index (κ1) is 19.9. The molecule has 2 heteroatoms. The van der Waals surface area contributed by atoms with Crippen LogP contribution in [0.1, 0.15) is 66.7 Å². The Hall–Kier alpha value is -1.15. The van der Waals surface area contributed by atoms with E-state index < -0.39 is 0 Å². The van der Waals surface area contributed by atoms with Gasteiger partial charge in [-0.25, -0.2) is 0 Å². The van der Waals surface area contributed by atoms with Gasteiger partial charge >= 0.3 is 0 Å². The van der Waals surface area contributed by atoms with Gasteiger partial charge in [0, 0.05) is 5.92 Å². The molecule has 0 spiro atoms. The molecule has 2 nitrogen and oxygen atoms in total. The second-order valence-electron chi connectivity index (χ2n) is 6.13. The van der Waals surface area contributed by atoms with Crippen LogP contribution in [-0.2, 0) is 4.79 Å². The molecule has 0 aliphatic carbocycles. The Kier molecular flexibility index (Phi) is 10.9. The number of carbonyl (C=O) groups is 1. The minimum absolute atomic E-state index is 0.138. The lowest BCUT2D eigenvalue weighted by atomic mass is 10.0. The van der Waals surface area contributed by atoms with Crippen LogP contribution < -0.4 is 0 Å². The van der Waals surface area contributed by atoms with Crippen molar-refractivity contribution in [2.75, 3.05) is 6.61 Å². The Labute approximate surface area is 130 Å². The second kappa shape index (κ2) is 11.5. The summed E-state index contributed by atoms with van der Waals surface area (Å²) in [6.07, 6.45) is 11.6. The van der Waals surface area contributed by atoms with Crippen molar-refractivity contribution in [3.8, 4) is 0 Å². The Bertz CT molecular complexity index is 400. The maximum atomic E-state index is 11.2. The van der Waals surface area contributed by atoms with Crippen LogP contribution in [0.2, 0.25) is 0 Å². The molecule has 0 rings (SSSR count). The molecule has 0 heterocycles. The largest absolute Gasteiger partial charge is 0.392 e. The molecule has 0 radical (unpaired) electrons. The molecule has 0 aromatic rings. The summed E-state index contributed by atoms with van der Waals surface area (Å²) in [6, 6.07) is 0. The summed E-state index contributed by atoms with van der Waals surface area (Å²) < 4.78 is 0. The molecule has 0 aromatic heterocycles. The third-order valence-corrected chi connectivity index (χ3v) is 3.83. The fourth-order valence-corrected chi connectivity index (χ4v) is 1.91. The summed E-state index contributed by atoms with van der Waals surface area (Å²) in [4.78, 5) is 11.2. The summed E-state index contributed by atoms with van der Waals surface area (Å²) in [6.45, 7) is 10.1. The molecule has 0 aliphatic heterocycles. The molecule has 0 aromatic carbocycles. The number of rotatable bonds is 10. The van der Waals surface area contributed by atoms with Crippen molar-refractivity contribution in [2.24, 2.45) is 5.92 Å². The molecule has 21 heavy (non-hydrogen) atoms. The van der Waals surface area contributed by atoms with Gasteiger partial charge in [-0.05, 0) is 59.8 Å². The highest BCUT2D eigenvalue weighted by molar-refractivity contribution is 5.77. The lowest BCUT2D eigenvalue weighted by Crippen LogP contribution is -2.04. The third kappa shape index (κ3) is 11.2. The summed E-state index contributed by atoms with van der Waals surface area (Å²) in [5.74, 6) is 0.403. The first-order chi connectivity index (χ1) is 9.86. The molecule has 0 saturated carbocycles. The maximum Gasteiger partial charge on any atom is 0.132 e. The standard InChI is InChI=1S/C19H32O2/c1-15(9-7-11-17(3)14-20)8-6-10-16(2)12-13-18(4)19(5)21/h8,11-12,18,20H,6-7,9-10,13-14H2,1-5H3/b15-8+,16-12+,17-11?. The zero-order valence-corrected chi connectivity index (χ0v) is 14.4. The van der Waals surface area contributed by atoms with Gasteiger partial charge in [0.2, 0.25) is 0 Å². The molecule has 1 N–H and O–H groups in total. The van der Waals surface area contributed by atoms with Gasteiger partial charge in [0.1, 0.15) is 5.78 Å². The van der Waals surface area contributed by atoms with Crippen molar-refractivity contribution < 1.29 is 9.90 Å². The van der Waals surface area contributed by atoms with Crippen molar-refractivity contribution in [1.29, 1.82) is 0 Å². The molecule has 0 saturated heterocycles. The molecule has 0 bridgehead atoms. The monoisotopic (exact) mass is 292 g/mol. The molecule has 0 aliphatic rings. The quantitative estimate of drug-likeness (QED) is 0.576. The van der Waals surface area contributed by atoms with Gasteiger partial charge in [-0.1, -0.05) is 41.9 Å². The number of aliphatic hydroxyl groups is 1. The van der Waals surface area contributed by atoms with Crippen LogP contribution in [0.4, 0.5) is 0 Å². The number of hydrogen-bond donors (Lipinski definition) is 1. The van der Waals surface area contributed by atoms with Crippen molar-refractivity contribution in [1.82, 2.24) is 0 Å². The molecule has 0 amide bonds. The van der Waals surface area contributed by atoms with E-state index in [9.17, 15) is 4.79 Å². The molecule has 120 valence electrons. The summed E-state index contributed by atoms with van der Waals surface area (Å²) in [7, 11) is 0. The van der Waals surface area contributed by atoms with E-state index in [0.29, 0.717) is 0 Å². The number of Topliss-reactive ketones (excluding diaryl/α,β-unsaturated/α-hetero) is 1. The zero-order chi connectivity index (χ0) is 16.3. The average Bonchev–Trinajstić information content (AvgIpc) is 2.44. The minimum atomic E-state index is 0.138. The predicted octanol–water partition coefficient (Wildman–Crippen LogP) is 4.99. The van der Waals surface area contributed by atoms with Gasteiger partial charge < -0.3 is 5.11 Å². The molecular weight excluding hydrogens is 260 g/mol. The van der Waals surface area contributed by atoms with Crippen molar-refractivity contribution >= 4 is 5.78 Å². The topological polar surface area (TPSA) is 37.3 Å².